The second kappa shape index (κ2) is 7.39. The number of benzene rings is 1. The molecule has 0 atom stereocenters. The van der Waals surface area contributed by atoms with Gasteiger partial charge < -0.3 is 10.2 Å². The number of amides is 1. The Hall–Kier alpha value is -1.22. The Morgan fingerprint density at radius 3 is 2.47 bits per heavy atom. The Balaban J connectivity index is 1.82. The average Bonchev–Trinajstić information content (AvgIpc) is 2.94. The van der Waals surface area contributed by atoms with Crippen molar-refractivity contribution in [1.29, 1.82) is 0 Å². The number of hydrogen-bond donors (Lipinski definition) is 1. The van der Waals surface area contributed by atoms with Gasteiger partial charge >= 0.3 is 0 Å². The third-order valence-electron chi connectivity index (χ3n) is 3.41. The van der Waals surface area contributed by atoms with Crippen molar-refractivity contribution in [3.05, 3.63) is 24.3 Å². The van der Waals surface area contributed by atoms with Crippen LogP contribution in [-0.2, 0) is 4.79 Å². The van der Waals surface area contributed by atoms with Gasteiger partial charge in [-0.15, -0.1) is 11.6 Å². The smallest absolute Gasteiger partial charge is 0.224 e. The summed E-state index contributed by atoms with van der Waals surface area (Å²) in [5.41, 5.74) is 2.12. The minimum atomic E-state index is 0.0686. The van der Waals surface area contributed by atoms with E-state index in [0.717, 1.165) is 31.6 Å². The van der Waals surface area contributed by atoms with E-state index in [2.05, 4.69) is 22.3 Å². The Morgan fingerprint density at radius 1 is 1.16 bits per heavy atom. The third-order valence-corrected chi connectivity index (χ3v) is 3.68. The molecule has 1 heterocycles. The Kier molecular flexibility index (Phi) is 5.52. The molecule has 1 saturated heterocycles. The molecule has 0 aromatic heterocycles. The lowest BCUT2D eigenvalue weighted by atomic mass is 10.2. The number of alkyl halides is 1. The molecule has 1 fully saturated rings. The Labute approximate surface area is 119 Å². The molecule has 19 heavy (non-hydrogen) atoms. The van der Waals surface area contributed by atoms with Crippen molar-refractivity contribution in [3.63, 3.8) is 0 Å². The summed E-state index contributed by atoms with van der Waals surface area (Å²) >= 11 is 5.59. The van der Waals surface area contributed by atoms with Crippen molar-refractivity contribution in [2.24, 2.45) is 0 Å². The number of rotatable bonds is 6. The highest BCUT2D eigenvalue weighted by molar-refractivity contribution is 6.17. The van der Waals surface area contributed by atoms with E-state index in [1.807, 2.05) is 12.1 Å². The number of carbonyl (C=O) groups is 1. The summed E-state index contributed by atoms with van der Waals surface area (Å²) in [4.78, 5) is 14.0. The standard InChI is InChI=1S/C15H21ClN2O/c16-10-2-1-5-15(19)17-13-6-8-14(9-7-13)18-11-3-4-12-18/h6-9H,1-5,10-12H2,(H,17,19). The maximum absolute atomic E-state index is 11.7. The predicted octanol–water partition coefficient (Wildman–Crippen LogP) is 3.63. The molecule has 1 amide bonds. The first-order valence-corrected chi connectivity index (χ1v) is 7.54. The molecule has 2 rings (SSSR count). The molecule has 1 aliphatic rings. The Morgan fingerprint density at radius 2 is 1.84 bits per heavy atom. The summed E-state index contributed by atoms with van der Waals surface area (Å²) in [7, 11) is 0. The van der Waals surface area contributed by atoms with Gasteiger partial charge in [0.1, 0.15) is 0 Å². The normalized spacial score (nSPS) is 14.7. The van der Waals surface area contributed by atoms with Gasteiger partial charge in [-0.3, -0.25) is 4.79 Å². The lowest BCUT2D eigenvalue weighted by Crippen LogP contribution is -2.17. The molecule has 4 heteroatoms. The van der Waals surface area contributed by atoms with E-state index in [0.29, 0.717) is 12.3 Å². The highest BCUT2D eigenvalue weighted by Crippen LogP contribution is 2.22. The van der Waals surface area contributed by atoms with Crippen molar-refractivity contribution in [2.75, 3.05) is 29.2 Å². The van der Waals surface area contributed by atoms with Crippen LogP contribution in [0.5, 0.6) is 0 Å². The van der Waals surface area contributed by atoms with Crippen LogP contribution in [0.4, 0.5) is 11.4 Å². The lowest BCUT2D eigenvalue weighted by Gasteiger charge is -2.17. The highest BCUT2D eigenvalue weighted by Gasteiger charge is 2.11. The lowest BCUT2D eigenvalue weighted by molar-refractivity contribution is -0.116. The fraction of sp³-hybridized carbons (Fsp3) is 0.533. The van der Waals surface area contributed by atoms with Gasteiger partial charge in [-0.2, -0.15) is 0 Å². The van der Waals surface area contributed by atoms with E-state index in [-0.39, 0.29) is 5.91 Å². The molecule has 1 aromatic carbocycles. The van der Waals surface area contributed by atoms with Gasteiger partial charge in [0.25, 0.3) is 0 Å². The number of halogens is 1. The SMILES string of the molecule is O=C(CCCCCl)Nc1ccc(N2CCCC2)cc1. The van der Waals surface area contributed by atoms with Gasteiger partial charge in [0.05, 0.1) is 0 Å². The zero-order chi connectivity index (χ0) is 13.5. The van der Waals surface area contributed by atoms with Gasteiger partial charge in [-0.25, -0.2) is 0 Å². The molecule has 104 valence electrons. The van der Waals surface area contributed by atoms with Crippen LogP contribution in [0.2, 0.25) is 0 Å². The minimum absolute atomic E-state index is 0.0686. The van der Waals surface area contributed by atoms with E-state index in [1.165, 1.54) is 18.5 Å². The van der Waals surface area contributed by atoms with Crippen LogP contribution < -0.4 is 10.2 Å². The molecule has 0 saturated carbocycles. The summed E-state index contributed by atoms with van der Waals surface area (Å²) in [6.07, 6.45) is 4.84. The van der Waals surface area contributed by atoms with Gasteiger partial charge in [0.15, 0.2) is 0 Å². The third kappa shape index (κ3) is 4.43. The summed E-state index contributed by atoms with van der Waals surface area (Å²) in [6, 6.07) is 8.12. The van der Waals surface area contributed by atoms with Gasteiger partial charge in [0, 0.05) is 36.8 Å². The molecule has 0 bridgehead atoms. The van der Waals surface area contributed by atoms with Crippen LogP contribution >= 0.6 is 11.6 Å². The maximum atomic E-state index is 11.7. The molecule has 1 N–H and O–H groups in total. The number of carbonyl (C=O) groups excluding carboxylic acids is 1. The topological polar surface area (TPSA) is 32.3 Å². The van der Waals surface area contributed by atoms with Crippen molar-refractivity contribution < 1.29 is 4.79 Å². The molecule has 0 radical (unpaired) electrons. The number of nitrogens with one attached hydrogen (secondary N) is 1. The van der Waals surface area contributed by atoms with E-state index < -0.39 is 0 Å². The molecule has 0 aliphatic carbocycles. The van der Waals surface area contributed by atoms with Crippen molar-refractivity contribution in [1.82, 2.24) is 0 Å². The number of unbranched alkanes of at least 4 members (excludes halogenated alkanes) is 1. The van der Waals surface area contributed by atoms with Crippen molar-refractivity contribution >= 4 is 28.9 Å². The molecule has 1 aromatic rings. The van der Waals surface area contributed by atoms with Crippen molar-refractivity contribution in [2.45, 2.75) is 32.1 Å². The minimum Gasteiger partial charge on any atom is -0.372 e. The van der Waals surface area contributed by atoms with Gasteiger partial charge in [-0.1, -0.05) is 0 Å². The van der Waals surface area contributed by atoms with Crippen LogP contribution in [0.15, 0.2) is 24.3 Å². The van der Waals surface area contributed by atoms with Crippen molar-refractivity contribution in [3.8, 4) is 0 Å². The largest absolute Gasteiger partial charge is 0.372 e. The molecule has 1 aliphatic heterocycles. The molecular weight excluding hydrogens is 260 g/mol. The second-order valence-corrected chi connectivity index (χ2v) is 5.31. The first-order valence-electron chi connectivity index (χ1n) is 7.00. The fourth-order valence-electron chi connectivity index (χ4n) is 2.33. The van der Waals surface area contributed by atoms with Crippen LogP contribution in [0.3, 0.4) is 0 Å². The number of nitrogens with zero attached hydrogens (tertiary/aromatic N) is 1. The fourth-order valence-corrected chi connectivity index (χ4v) is 2.52. The molecular formula is C15H21ClN2O. The molecule has 3 nitrogen and oxygen atoms in total. The van der Waals surface area contributed by atoms with E-state index in [4.69, 9.17) is 11.6 Å². The number of hydrogen-bond acceptors (Lipinski definition) is 2. The van der Waals surface area contributed by atoms with Crippen LogP contribution in [-0.4, -0.2) is 24.9 Å². The van der Waals surface area contributed by atoms with Gasteiger partial charge in [-0.05, 0) is 49.9 Å². The van der Waals surface area contributed by atoms with Gasteiger partial charge in [0.2, 0.25) is 5.91 Å². The van der Waals surface area contributed by atoms with E-state index in [1.54, 1.807) is 0 Å². The summed E-state index contributed by atoms with van der Waals surface area (Å²) < 4.78 is 0. The maximum Gasteiger partial charge on any atom is 0.224 e. The van der Waals surface area contributed by atoms with E-state index >= 15 is 0 Å². The number of anilines is 2. The highest BCUT2D eigenvalue weighted by atomic mass is 35.5. The summed E-state index contributed by atoms with van der Waals surface area (Å²) in [5.74, 6) is 0.691. The molecule has 0 spiro atoms. The molecule has 0 unspecified atom stereocenters. The average molecular weight is 281 g/mol. The second-order valence-electron chi connectivity index (χ2n) is 4.94. The van der Waals surface area contributed by atoms with Crippen LogP contribution in [0.25, 0.3) is 0 Å². The predicted molar refractivity (Wildman–Crippen MR) is 81.1 cm³/mol. The summed E-state index contributed by atoms with van der Waals surface area (Å²) in [5, 5.41) is 2.92. The van der Waals surface area contributed by atoms with Crippen LogP contribution in [0, 0.1) is 0 Å². The van der Waals surface area contributed by atoms with E-state index in [9.17, 15) is 4.79 Å². The first-order chi connectivity index (χ1) is 9.29. The summed E-state index contributed by atoms with van der Waals surface area (Å²) in [6.45, 7) is 2.29. The monoisotopic (exact) mass is 280 g/mol. The zero-order valence-corrected chi connectivity index (χ0v) is 12.0. The quantitative estimate of drug-likeness (QED) is 0.637. The zero-order valence-electron chi connectivity index (χ0n) is 11.2. The Bertz CT molecular complexity index is 399. The first kappa shape index (κ1) is 14.2. The van der Waals surface area contributed by atoms with Crippen LogP contribution in [0.1, 0.15) is 32.1 Å².